The van der Waals surface area contributed by atoms with Crippen molar-refractivity contribution < 1.29 is 13.2 Å². The molecule has 2 aromatic rings. The zero-order valence-electron chi connectivity index (χ0n) is 11.0. The lowest BCUT2D eigenvalue weighted by atomic mass is 9.97. The van der Waals surface area contributed by atoms with E-state index in [1.54, 1.807) is 13.1 Å². The summed E-state index contributed by atoms with van der Waals surface area (Å²) in [5, 5.41) is 3.06. The molecule has 0 heterocycles. The summed E-state index contributed by atoms with van der Waals surface area (Å²) in [5.41, 5.74) is 0.781. The minimum atomic E-state index is -4.34. The van der Waals surface area contributed by atoms with Crippen molar-refractivity contribution in [2.75, 3.05) is 7.05 Å². The predicted octanol–water partition coefficient (Wildman–Crippen LogP) is 5.54. The molecule has 1 atom stereocenters. The third-order valence-corrected chi connectivity index (χ3v) is 4.32. The Balaban J connectivity index is 2.49. The number of hydrogen-bond acceptors (Lipinski definition) is 1. The molecule has 0 saturated heterocycles. The number of halogens is 5. The van der Waals surface area contributed by atoms with Gasteiger partial charge in [0.1, 0.15) is 0 Å². The molecule has 0 radical (unpaired) electrons. The normalized spacial score (nSPS) is 13.2. The second-order valence-corrected chi connectivity index (χ2v) is 6.28. The minimum Gasteiger partial charge on any atom is -0.309 e. The molecule has 0 aliphatic carbocycles. The van der Waals surface area contributed by atoms with Crippen LogP contribution >= 0.6 is 31.9 Å². The summed E-state index contributed by atoms with van der Waals surface area (Å²) >= 11 is 6.83. The zero-order valence-corrected chi connectivity index (χ0v) is 14.2. The number of nitrogens with one attached hydrogen (secondary N) is 1. The Labute approximate surface area is 137 Å². The minimum absolute atomic E-state index is 0.334. The summed E-state index contributed by atoms with van der Waals surface area (Å²) in [6.07, 6.45) is -4.34. The molecule has 6 heteroatoms. The van der Waals surface area contributed by atoms with Crippen molar-refractivity contribution in [2.24, 2.45) is 0 Å². The number of rotatable bonds is 3. The Bertz CT molecular complexity index is 641. The van der Waals surface area contributed by atoms with E-state index in [0.29, 0.717) is 5.56 Å². The topological polar surface area (TPSA) is 12.0 Å². The van der Waals surface area contributed by atoms with Gasteiger partial charge in [0.05, 0.1) is 11.6 Å². The Kier molecular flexibility index (Phi) is 5.11. The van der Waals surface area contributed by atoms with E-state index in [0.717, 1.165) is 20.6 Å². The van der Waals surface area contributed by atoms with Crippen molar-refractivity contribution >= 4 is 31.9 Å². The average molecular weight is 423 g/mol. The summed E-state index contributed by atoms with van der Waals surface area (Å²) in [4.78, 5) is 0. The largest absolute Gasteiger partial charge is 0.416 e. The van der Waals surface area contributed by atoms with Crippen molar-refractivity contribution in [2.45, 2.75) is 12.2 Å². The van der Waals surface area contributed by atoms with Crippen LogP contribution in [0.2, 0.25) is 0 Å². The predicted molar refractivity (Wildman–Crippen MR) is 84.2 cm³/mol. The van der Waals surface area contributed by atoms with Crippen LogP contribution in [-0.4, -0.2) is 7.05 Å². The second kappa shape index (κ2) is 6.50. The van der Waals surface area contributed by atoms with Crippen LogP contribution in [0.5, 0.6) is 0 Å². The zero-order chi connectivity index (χ0) is 15.6. The third kappa shape index (κ3) is 3.87. The maximum absolute atomic E-state index is 12.8. The highest BCUT2D eigenvalue weighted by Gasteiger charge is 2.31. The Morgan fingerprint density at radius 1 is 1.05 bits per heavy atom. The van der Waals surface area contributed by atoms with Gasteiger partial charge in [0, 0.05) is 8.95 Å². The SMILES string of the molecule is CNC(c1cccc(C(F)(F)F)c1)c1cc(Br)ccc1Br. The van der Waals surface area contributed by atoms with Crippen molar-refractivity contribution in [1.29, 1.82) is 0 Å². The summed E-state index contributed by atoms with van der Waals surface area (Å²) in [6.45, 7) is 0. The van der Waals surface area contributed by atoms with Crippen LogP contribution in [0.1, 0.15) is 22.7 Å². The first-order chi connectivity index (χ1) is 9.82. The van der Waals surface area contributed by atoms with E-state index in [9.17, 15) is 13.2 Å². The van der Waals surface area contributed by atoms with E-state index >= 15 is 0 Å². The van der Waals surface area contributed by atoms with E-state index in [4.69, 9.17) is 0 Å². The lowest BCUT2D eigenvalue weighted by molar-refractivity contribution is -0.137. The Morgan fingerprint density at radius 3 is 2.38 bits per heavy atom. The summed E-state index contributed by atoms with van der Waals surface area (Å²) < 4.78 is 40.2. The molecule has 0 bridgehead atoms. The maximum atomic E-state index is 12.8. The molecule has 21 heavy (non-hydrogen) atoms. The van der Waals surface area contributed by atoms with Crippen LogP contribution in [-0.2, 0) is 6.18 Å². The van der Waals surface area contributed by atoms with Gasteiger partial charge in [-0.15, -0.1) is 0 Å². The molecule has 1 unspecified atom stereocenters. The monoisotopic (exact) mass is 421 g/mol. The van der Waals surface area contributed by atoms with E-state index in [1.807, 2.05) is 18.2 Å². The fraction of sp³-hybridized carbons (Fsp3) is 0.200. The summed E-state index contributed by atoms with van der Waals surface area (Å²) in [6, 6.07) is 10.6. The molecule has 1 nitrogen and oxygen atoms in total. The highest BCUT2D eigenvalue weighted by molar-refractivity contribution is 9.11. The summed E-state index contributed by atoms with van der Waals surface area (Å²) in [7, 11) is 1.72. The van der Waals surface area contributed by atoms with Gasteiger partial charge in [-0.05, 0) is 48.5 Å². The molecule has 0 fully saturated rings. The highest BCUT2D eigenvalue weighted by Crippen LogP contribution is 2.34. The fourth-order valence-corrected chi connectivity index (χ4v) is 2.99. The van der Waals surface area contributed by atoms with Crippen LogP contribution in [0.3, 0.4) is 0 Å². The number of benzene rings is 2. The molecular formula is C15H12Br2F3N. The second-order valence-electron chi connectivity index (χ2n) is 4.51. The van der Waals surface area contributed by atoms with Gasteiger partial charge >= 0.3 is 6.18 Å². The molecule has 2 aromatic carbocycles. The third-order valence-electron chi connectivity index (χ3n) is 3.11. The average Bonchev–Trinajstić information content (AvgIpc) is 2.43. The van der Waals surface area contributed by atoms with Crippen LogP contribution in [0, 0.1) is 0 Å². The van der Waals surface area contributed by atoms with Gasteiger partial charge in [-0.3, -0.25) is 0 Å². The Morgan fingerprint density at radius 2 is 1.76 bits per heavy atom. The first-order valence-electron chi connectivity index (χ1n) is 6.12. The smallest absolute Gasteiger partial charge is 0.309 e. The molecule has 1 N–H and O–H groups in total. The van der Waals surface area contributed by atoms with Gasteiger partial charge in [0.2, 0.25) is 0 Å². The standard InChI is InChI=1S/C15H12Br2F3N/c1-21-14(12-8-11(16)5-6-13(12)17)9-3-2-4-10(7-9)15(18,19)20/h2-8,14,21H,1H3. The molecule has 0 aliphatic rings. The molecule has 0 aromatic heterocycles. The van der Waals surface area contributed by atoms with Crippen LogP contribution < -0.4 is 5.32 Å². The van der Waals surface area contributed by atoms with E-state index in [2.05, 4.69) is 37.2 Å². The molecule has 112 valence electrons. The number of hydrogen-bond donors (Lipinski definition) is 1. The quantitative estimate of drug-likeness (QED) is 0.684. The highest BCUT2D eigenvalue weighted by atomic mass is 79.9. The molecule has 0 saturated carbocycles. The maximum Gasteiger partial charge on any atom is 0.416 e. The van der Waals surface area contributed by atoms with Crippen molar-refractivity contribution in [3.05, 3.63) is 68.1 Å². The van der Waals surface area contributed by atoms with Crippen molar-refractivity contribution in [1.82, 2.24) is 5.32 Å². The van der Waals surface area contributed by atoms with Crippen LogP contribution in [0.25, 0.3) is 0 Å². The summed E-state index contributed by atoms with van der Waals surface area (Å²) in [5.74, 6) is 0. The van der Waals surface area contributed by atoms with Crippen LogP contribution in [0.4, 0.5) is 13.2 Å². The van der Waals surface area contributed by atoms with Gasteiger partial charge in [0.15, 0.2) is 0 Å². The lowest BCUT2D eigenvalue weighted by Gasteiger charge is -2.20. The van der Waals surface area contributed by atoms with Gasteiger partial charge in [-0.25, -0.2) is 0 Å². The molecule has 2 rings (SSSR count). The van der Waals surface area contributed by atoms with Gasteiger partial charge in [-0.2, -0.15) is 13.2 Å². The van der Waals surface area contributed by atoms with Crippen molar-refractivity contribution in [3.63, 3.8) is 0 Å². The Hall–Kier alpha value is -0.850. The van der Waals surface area contributed by atoms with Crippen molar-refractivity contribution in [3.8, 4) is 0 Å². The van der Waals surface area contributed by atoms with E-state index in [-0.39, 0.29) is 6.04 Å². The fourth-order valence-electron chi connectivity index (χ4n) is 2.13. The molecule has 0 amide bonds. The van der Waals surface area contributed by atoms with Gasteiger partial charge in [0.25, 0.3) is 0 Å². The van der Waals surface area contributed by atoms with E-state index < -0.39 is 11.7 Å². The van der Waals surface area contributed by atoms with Crippen LogP contribution in [0.15, 0.2) is 51.4 Å². The lowest BCUT2D eigenvalue weighted by Crippen LogP contribution is -2.19. The number of alkyl halides is 3. The molecular weight excluding hydrogens is 411 g/mol. The molecule has 0 aliphatic heterocycles. The first-order valence-corrected chi connectivity index (χ1v) is 7.71. The molecule has 0 spiro atoms. The van der Waals surface area contributed by atoms with Gasteiger partial charge in [-0.1, -0.05) is 44.0 Å². The van der Waals surface area contributed by atoms with E-state index in [1.165, 1.54) is 12.1 Å². The first kappa shape index (κ1) is 16.5. The van der Waals surface area contributed by atoms with Gasteiger partial charge < -0.3 is 5.32 Å².